The van der Waals surface area contributed by atoms with Crippen LogP contribution in [-0.4, -0.2) is 23.5 Å². The number of nitrogens with zero attached hydrogens (tertiary/aromatic N) is 3. The smallest absolute Gasteiger partial charge is 0.145 e. The number of para-hydroxylation sites is 1. The summed E-state index contributed by atoms with van der Waals surface area (Å²) < 4.78 is 7.68. The van der Waals surface area contributed by atoms with Crippen molar-refractivity contribution in [2.75, 3.05) is 19.1 Å². The zero-order valence-electron chi connectivity index (χ0n) is 15.5. The SMILES string of the molecule is COc1ccccc1-c1nc2cc(C)ccn2c1N(C)c1cccc(Cl)c1. The molecule has 0 aliphatic carbocycles. The molecule has 0 atom stereocenters. The second-order valence-corrected chi connectivity index (χ2v) is 6.89. The van der Waals surface area contributed by atoms with E-state index in [1.807, 2.05) is 61.8 Å². The van der Waals surface area contributed by atoms with E-state index in [1.165, 1.54) is 0 Å². The number of ether oxygens (including phenoxy) is 1. The summed E-state index contributed by atoms with van der Waals surface area (Å²) in [4.78, 5) is 7.03. The first-order chi connectivity index (χ1) is 13.1. The van der Waals surface area contributed by atoms with Crippen molar-refractivity contribution in [2.24, 2.45) is 0 Å². The number of imidazole rings is 1. The number of rotatable bonds is 4. The molecule has 2 aromatic carbocycles. The Balaban J connectivity index is 2.00. The number of pyridine rings is 1. The average molecular weight is 378 g/mol. The molecule has 0 aliphatic rings. The Labute approximate surface area is 163 Å². The number of anilines is 2. The monoisotopic (exact) mass is 377 g/mol. The van der Waals surface area contributed by atoms with E-state index in [-0.39, 0.29) is 0 Å². The molecule has 4 aromatic rings. The summed E-state index contributed by atoms with van der Waals surface area (Å²) in [6.45, 7) is 2.07. The van der Waals surface area contributed by atoms with Gasteiger partial charge in [-0.05, 0) is 55.0 Å². The van der Waals surface area contributed by atoms with Gasteiger partial charge in [0.2, 0.25) is 0 Å². The third kappa shape index (κ3) is 3.13. The van der Waals surface area contributed by atoms with Gasteiger partial charge in [-0.15, -0.1) is 0 Å². The molecule has 136 valence electrons. The van der Waals surface area contributed by atoms with Crippen LogP contribution in [0.5, 0.6) is 5.75 Å². The molecule has 0 spiro atoms. The summed E-state index contributed by atoms with van der Waals surface area (Å²) in [7, 11) is 3.70. The molecule has 0 radical (unpaired) electrons. The zero-order valence-corrected chi connectivity index (χ0v) is 16.2. The molecular weight excluding hydrogens is 358 g/mol. The van der Waals surface area contributed by atoms with Crippen molar-refractivity contribution in [2.45, 2.75) is 6.92 Å². The lowest BCUT2D eigenvalue weighted by atomic mass is 10.1. The number of aromatic nitrogens is 2. The van der Waals surface area contributed by atoms with E-state index < -0.39 is 0 Å². The summed E-state index contributed by atoms with van der Waals surface area (Å²) >= 11 is 6.22. The van der Waals surface area contributed by atoms with Gasteiger partial charge < -0.3 is 9.64 Å². The van der Waals surface area contributed by atoms with Crippen molar-refractivity contribution in [3.05, 3.63) is 77.4 Å². The van der Waals surface area contributed by atoms with E-state index in [1.54, 1.807) is 7.11 Å². The van der Waals surface area contributed by atoms with Crippen molar-refractivity contribution in [1.29, 1.82) is 0 Å². The number of methoxy groups -OCH3 is 1. The molecule has 27 heavy (non-hydrogen) atoms. The summed E-state index contributed by atoms with van der Waals surface area (Å²) in [6.07, 6.45) is 2.05. The maximum absolute atomic E-state index is 6.22. The van der Waals surface area contributed by atoms with Gasteiger partial charge in [0.15, 0.2) is 0 Å². The number of hydrogen-bond donors (Lipinski definition) is 0. The van der Waals surface area contributed by atoms with Gasteiger partial charge in [0.1, 0.15) is 22.9 Å². The summed E-state index contributed by atoms with van der Waals surface area (Å²) in [5.41, 5.74) is 4.85. The quantitative estimate of drug-likeness (QED) is 0.454. The minimum Gasteiger partial charge on any atom is -0.496 e. The van der Waals surface area contributed by atoms with Gasteiger partial charge in [-0.3, -0.25) is 4.40 Å². The van der Waals surface area contributed by atoms with E-state index in [0.717, 1.165) is 39.7 Å². The van der Waals surface area contributed by atoms with Crippen LogP contribution in [0.3, 0.4) is 0 Å². The van der Waals surface area contributed by atoms with Gasteiger partial charge in [-0.2, -0.15) is 0 Å². The molecule has 0 amide bonds. The highest BCUT2D eigenvalue weighted by atomic mass is 35.5. The normalized spacial score (nSPS) is 11.0. The number of fused-ring (bicyclic) bond motifs is 1. The van der Waals surface area contributed by atoms with Crippen LogP contribution in [0.4, 0.5) is 11.5 Å². The topological polar surface area (TPSA) is 29.8 Å². The van der Waals surface area contributed by atoms with Gasteiger partial charge in [-0.25, -0.2) is 4.98 Å². The Kier molecular flexibility index (Phi) is 4.50. The summed E-state index contributed by atoms with van der Waals surface area (Å²) in [5.74, 6) is 1.75. The van der Waals surface area contributed by atoms with Gasteiger partial charge in [0, 0.05) is 29.5 Å². The molecule has 0 saturated carbocycles. The second-order valence-electron chi connectivity index (χ2n) is 6.46. The van der Waals surface area contributed by atoms with Crippen LogP contribution in [0.2, 0.25) is 5.02 Å². The number of benzene rings is 2. The largest absolute Gasteiger partial charge is 0.496 e. The minimum atomic E-state index is 0.697. The van der Waals surface area contributed by atoms with Crippen molar-refractivity contribution in [1.82, 2.24) is 9.38 Å². The Bertz CT molecular complexity index is 1120. The van der Waals surface area contributed by atoms with E-state index in [4.69, 9.17) is 21.3 Å². The average Bonchev–Trinajstić information content (AvgIpc) is 3.05. The molecule has 0 N–H and O–H groups in total. The van der Waals surface area contributed by atoms with Crippen LogP contribution in [0.1, 0.15) is 5.56 Å². The zero-order chi connectivity index (χ0) is 19.0. The highest BCUT2D eigenvalue weighted by Gasteiger charge is 2.21. The molecule has 2 aromatic heterocycles. The van der Waals surface area contributed by atoms with Crippen LogP contribution < -0.4 is 9.64 Å². The van der Waals surface area contributed by atoms with E-state index in [2.05, 4.69) is 28.4 Å². The Morgan fingerprint density at radius 2 is 1.85 bits per heavy atom. The van der Waals surface area contributed by atoms with Crippen molar-refractivity contribution >= 4 is 28.8 Å². The van der Waals surface area contributed by atoms with Gasteiger partial charge >= 0.3 is 0 Å². The van der Waals surface area contributed by atoms with Gasteiger partial charge in [-0.1, -0.05) is 29.8 Å². The van der Waals surface area contributed by atoms with E-state index in [0.29, 0.717) is 5.02 Å². The Morgan fingerprint density at radius 3 is 2.63 bits per heavy atom. The number of halogens is 1. The molecule has 2 heterocycles. The third-order valence-corrected chi connectivity index (χ3v) is 4.87. The Hall–Kier alpha value is -2.98. The van der Waals surface area contributed by atoms with Crippen LogP contribution in [0, 0.1) is 6.92 Å². The molecule has 4 rings (SSSR count). The first-order valence-electron chi connectivity index (χ1n) is 8.70. The first-order valence-corrected chi connectivity index (χ1v) is 9.07. The maximum Gasteiger partial charge on any atom is 0.145 e. The minimum absolute atomic E-state index is 0.697. The van der Waals surface area contributed by atoms with Gasteiger partial charge in [0.05, 0.1) is 7.11 Å². The molecule has 4 nitrogen and oxygen atoms in total. The third-order valence-electron chi connectivity index (χ3n) is 4.63. The molecule has 0 bridgehead atoms. The second kappa shape index (κ2) is 6.97. The van der Waals surface area contributed by atoms with Crippen LogP contribution in [0.15, 0.2) is 66.9 Å². The first kappa shape index (κ1) is 17.4. The van der Waals surface area contributed by atoms with Gasteiger partial charge in [0.25, 0.3) is 0 Å². The van der Waals surface area contributed by atoms with Crippen LogP contribution in [-0.2, 0) is 0 Å². The molecule has 0 aliphatic heterocycles. The fraction of sp³-hybridized carbons (Fsp3) is 0.136. The number of aryl methyl sites for hydroxylation is 1. The van der Waals surface area contributed by atoms with E-state index in [9.17, 15) is 0 Å². The van der Waals surface area contributed by atoms with Crippen molar-refractivity contribution < 1.29 is 4.74 Å². The fourth-order valence-corrected chi connectivity index (χ4v) is 3.47. The predicted octanol–water partition coefficient (Wildman–Crippen LogP) is 5.74. The Morgan fingerprint density at radius 1 is 1.04 bits per heavy atom. The fourth-order valence-electron chi connectivity index (χ4n) is 3.28. The van der Waals surface area contributed by atoms with Crippen molar-refractivity contribution in [3.8, 4) is 17.0 Å². The molecule has 0 unspecified atom stereocenters. The lowest BCUT2D eigenvalue weighted by Gasteiger charge is -2.21. The molecule has 0 fully saturated rings. The highest BCUT2D eigenvalue weighted by Crippen LogP contribution is 2.39. The lowest BCUT2D eigenvalue weighted by molar-refractivity contribution is 0.416. The van der Waals surface area contributed by atoms with Crippen LogP contribution in [0.25, 0.3) is 16.9 Å². The maximum atomic E-state index is 6.22. The number of hydrogen-bond acceptors (Lipinski definition) is 3. The predicted molar refractivity (Wildman–Crippen MR) is 111 cm³/mol. The molecule has 0 saturated heterocycles. The van der Waals surface area contributed by atoms with E-state index >= 15 is 0 Å². The highest BCUT2D eigenvalue weighted by molar-refractivity contribution is 6.30. The van der Waals surface area contributed by atoms with Crippen LogP contribution >= 0.6 is 11.6 Å². The van der Waals surface area contributed by atoms with Crippen molar-refractivity contribution in [3.63, 3.8) is 0 Å². The summed E-state index contributed by atoms with van der Waals surface area (Å²) in [5, 5.41) is 0.697. The molecule has 5 heteroatoms. The molecular formula is C22H20ClN3O. The lowest BCUT2D eigenvalue weighted by Crippen LogP contribution is -2.13. The summed E-state index contributed by atoms with van der Waals surface area (Å²) in [6, 6.07) is 19.9. The standard InChI is InChI=1S/C22H20ClN3O/c1-15-11-12-26-20(13-15)24-21(18-9-4-5-10-19(18)27-3)22(26)25(2)17-8-6-7-16(23)14-17/h4-14H,1-3H3.